The first-order chi connectivity index (χ1) is 13.3. The van der Waals surface area contributed by atoms with Crippen LogP contribution in [0.2, 0.25) is 0 Å². The molecule has 0 bridgehead atoms. The van der Waals surface area contributed by atoms with Crippen LogP contribution in [0.3, 0.4) is 0 Å². The van der Waals surface area contributed by atoms with E-state index in [1.54, 1.807) is 0 Å². The summed E-state index contributed by atoms with van der Waals surface area (Å²) in [6.45, 7) is 7.12. The molecule has 0 radical (unpaired) electrons. The highest BCUT2D eigenvalue weighted by molar-refractivity contribution is 5.80. The second-order valence-corrected chi connectivity index (χ2v) is 7.82. The van der Waals surface area contributed by atoms with Crippen LogP contribution in [0, 0.1) is 5.92 Å². The lowest BCUT2D eigenvalue weighted by molar-refractivity contribution is 0.275. The molecule has 3 rings (SSSR count). The number of nitrogens with zero attached hydrogens (tertiary/aromatic N) is 3. The molecule has 1 unspecified atom stereocenters. The van der Waals surface area contributed by atoms with Crippen molar-refractivity contribution in [3.05, 3.63) is 23.9 Å². The molecule has 1 saturated carbocycles. The molecule has 1 aliphatic carbocycles. The highest BCUT2D eigenvalue weighted by Gasteiger charge is 2.26. The van der Waals surface area contributed by atoms with Crippen LogP contribution in [0.4, 0.5) is 0 Å². The summed E-state index contributed by atoms with van der Waals surface area (Å²) < 4.78 is 5.53. The summed E-state index contributed by atoms with van der Waals surface area (Å²) >= 11 is 0. The largest absolute Gasteiger partial charge is 0.478 e. The van der Waals surface area contributed by atoms with Crippen molar-refractivity contribution >= 4 is 5.96 Å². The van der Waals surface area contributed by atoms with Gasteiger partial charge in [0, 0.05) is 51.5 Å². The third-order valence-corrected chi connectivity index (χ3v) is 5.54. The first-order valence-corrected chi connectivity index (χ1v) is 10.5. The van der Waals surface area contributed by atoms with Crippen molar-refractivity contribution in [1.29, 1.82) is 0 Å². The second kappa shape index (κ2) is 10.5. The van der Waals surface area contributed by atoms with Crippen molar-refractivity contribution in [1.82, 2.24) is 20.5 Å². The quantitative estimate of drug-likeness (QED) is 0.542. The highest BCUT2D eigenvalue weighted by atomic mass is 16.5. The summed E-state index contributed by atoms with van der Waals surface area (Å²) in [4.78, 5) is 11.4. The molecule has 1 aromatic heterocycles. The lowest BCUT2D eigenvalue weighted by atomic mass is 10.1. The number of pyridine rings is 1. The minimum atomic E-state index is 0.487. The Kier molecular flexibility index (Phi) is 7.75. The van der Waals surface area contributed by atoms with Crippen LogP contribution in [-0.2, 0) is 6.54 Å². The average molecular weight is 374 g/mol. The minimum absolute atomic E-state index is 0.487. The standard InChI is InChI=1S/C21H35N5O/c1-3-12-27-20-9-8-18(13-23-20)14-24-21(22-2)25-19-10-11-26(16-19)15-17-6-4-5-7-17/h8-9,13,17,19H,3-7,10-12,14-16H2,1-2H3,(H2,22,24,25). The van der Waals surface area contributed by atoms with Gasteiger partial charge in [-0.15, -0.1) is 0 Å². The summed E-state index contributed by atoms with van der Waals surface area (Å²) in [6, 6.07) is 4.47. The fraction of sp³-hybridized carbons (Fsp3) is 0.714. The van der Waals surface area contributed by atoms with Crippen LogP contribution in [-0.4, -0.2) is 55.2 Å². The number of hydrogen-bond acceptors (Lipinski definition) is 4. The van der Waals surface area contributed by atoms with Crippen molar-refractivity contribution < 1.29 is 4.74 Å². The third kappa shape index (κ3) is 6.38. The number of guanidine groups is 1. The molecule has 2 heterocycles. The summed E-state index contributed by atoms with van der Waals surface area (Å²) in [5, 5.41) is 6.98. The van der Waals surface area contributed by atoms with Gasteiger partial charge in [-0.05, 0) is 37.2 Å². The summed E-state index contributed by atoms with van der Waals surface area (Å²) in [6.07, 6.45) is 9.76. The van der Waals surface area contributed by atoms with Gasteiger partial charge in [0.15, 0.2) is 5.96 Å². The van der Waals surface area contributed by atoms with Gasteiger partial charge in [0.25, 0.3) is 0 Å². The molecule has 1 saturated heterocycles. The molecule has 0 aromatic carbocycles. The molecular formula is C21H35N5O. The van der Waals surface area contributed by atoms with Gasteiger partial charge in [0.2, 0.25) is 5.88 Å². The minimum Gasteiger partial charge on any atom is -0.478 e. The molecule has 6 heteroatoms. The van der Waals surface area contributed by atoms with E-state index < -0.39 is 0 Å². The molecule has 27 heavy (non-hydrogen) atoms. The molecule has 1 aliphatic heterocycles. The van der Waals surface area contributed by atoms with Gasteiger partial charge in [-0.2, -0.15) is 0 Å². The lowest BCUT2D eigenvalue weighted by Gasteiger charge is -2.21. The van der Waals surface area contributed by atoms with E-state index in [1.807, 2.05) is 19.3 Å². The number of rotatable bonds is 8. The van der Waals surface area contributed by atoms with Crippen molar-refractivity contribution in [2.45, 2.75) is 58.0 Å². The number of aromatic nitrogens is 1. The Morgan fingerprint density at radius 1 is 1.30 bits per heavy atom. The fourth-order valence-corrected chi connectivity index (χ4v) is 4.06. The van der Waals surface area contributed by atoms with Gasteiger partial charge < -0.3 is 20.3 Å². The number of hydrogen-bond donors (Lipinski definition) is 2. The molecule has 150 valence electrons. The molecule has 2 N–H and O–H groups in total. The fourth-order valence-electron chi connectivity index (χ4n) is 4.06. The molecule has 2 fully saturated rings. The molecule has 0 spiro atoms. The molecule has 2 aliphatic rings. The van der Waals surface area contributed by atoms with E-state index in [-0.39, 0.29) is 0 Å². The molecule has 1 atom stereocenters. The first kappa shape index (κ1) is 19.9. The first-order valence-electron chi connectivity index (χ1n) is 10.5. The maximum Gasteiger partial charge on any atom is 0.213 e. The van der Waals surface area contributed by atoms with E-state index in [0.717, 1.165) is 30.4 Å². The number of likely N-dealkylation sites (tertiary alicyclic amines) is 1. The Hall–Kier alpha value is -1.82. The van der Waals surface area contributed by atoms with Crippen LogP contribution in [0.15, 0.2) is 23.3 Å². The maximum atomic E-state index is 5.53. The van der Waals surface area contributed by atoms with E-state index in [4.69, 9.17) is 4.74 Å². The Morgan fingerprint density at radius 2 is 2.15 bits per heavy atom. The van der Waals surface area contributed by atoms with Crippen LogP contribution >= 0.6 is 0 Å². The van der Waals surface area contributed by atoms with Gasteiger partial charge >= 0.3 is 0 Å². The topological polar surface area (TPSA) is 61.8 Å². The van der Waals surface area contributed by atoms with Crippen molar-refractivity contribution in [3.63, 3.8) is 0 Å². The van der Waals surface area contributed by atoms with Gasteiger partial charge in [-0.1, -0.05) is 25.8 Å². The van der Waals surface area contributed by atoms with Crippen LogP contribution in [0.25, 0.3) is 0 Å². The maximum absolute atomic E-state index is 5.53. The smallest absolute Gasteiger partial charge is 0.213 e. The Balaban J connectivity index is 1.39. The Bertz CT molecular complexity index is 583. The zero-order chi connectivity index (χ0) is 18.9. The average Bonchev–Trinajstić information content (AvgIpc) is 3.36. The molecule has 1 aromatic rings. The van der Waals surface area contributed by atoms with E-state index >= 15 is 0 Å². The van der Waals surface area contributed by atoms with Crippen molar-refractivity contribution in [2.24, 2.45) is 10.9 Å². The number of aliphatic imine (C=N–C) groups is 1. The van der Waals surface area contributed by atoms with E-state index in [0.29, 0.717) is 25.1 Å². The lowest BCUT2D eigenvalue weighted by Crippen LogP contribution is -2.44. The van der Waals surface area contributed by atoms with E-state index in [2.05, 4.69) is 38.5 Å². The predicted molar refractivity (Wildman–Crippen MR) is 110 cm³/mol. The number of nitrogens with one attached hydrogen (secondary N) is 2. The van der Waals surface area contributed by atoms with Crippen molar-refractivity contribution in [3.8, 4) is 5.88 Å². The SMILES string of the molecule is CCCOc1ccc(CNC(=NC)NC2CCN(CC3CCCC3)C2)cn1. The van der Waals surface area contributed by atoms with Gasteiger partial charge in [-0.3, -0.25) is 4.99 Å². The normalized spacial score (nSPS) is 21.6. The van der Waals surface area contributed by atoms with Gasteiger partial charge in [0.05, 0.1) is 6.61 Å². The zero-order valence-corrected chi connectivity index (χ0v) is 16.9. The Labute approximate surface area is 163 Å². The molecule has 0 amide bonds. The van der Waals surface area contributed by atoms with Gasteiger partial charge in [-0.25, -0.2) is 4.98 Å². The highest BCUT2D eigenvalue weighted by Crippen LogP contribution is 2.26. The summed E-state index contributed by atoms with van der Waals surface area (Å²) in [7, 11) is 1.83. The number of ether oxygens (including phenoxy) is 1. The van der Waals surface area contributed by atoms with Crippen LogP contribution in [0.5, 0.6) is 5.88 Å². The van der Waals surface area contributed by atoms with E-state index in [1.165, 1.54) is 45.2 Å². The van der Waals surface area contributed by atoms with Crippen molar-refractivity contribution in [2.75, 3.05) is 33.3 Å². The zero-order valence-electron chi connectivity index (χ0n) is 16.9. The molecule has 6 nitrogen and oxygen atoms in total. The predicted octanol–water partition coefficient (Wildman–Crippen LogP) is 2.80. The molecular weight excluding hydrogens is 338 g/mol. The van der Waals surface area contributed by atoms with E-state index in [9.17, 15) is 0 Å². The van der Waals surface area contributed by atoms with Crippen LogP contribution in [0.1, 0.15) is 51.0 Å². The Morgan fingerprint density at radius 3 is 2.85 bits per heavy atom. The summed E-state index contributed by atoms with van der Waals surface area (Å²) in [5.41, 5.74) is 1.12. The summed E-state index contributed by atoms with van der Waals surface area (Å²) in [5.74, 6) is 2.49. The second-order valence-electron chi connectivity index (χ2n) is 7.82. The van der Waals surface area contributed by atoms with Gasteiger partial charge in [0.1, 0.15) is 0 Å². The third-order valence-electron chi connectivity index (χ3n) is 5.54. The monoisotopic (exact) mass is 373 g/mol. The van der Waals surface area contributed by atoms with Crippen LogP contribution < -0.4 is 15.4 Å².